The fourth-order valence-corrected chi connectivity index (χ4v) is 0. The topological polar surface area (TPSA) is 80.3 Å². The summed E-state index contributed by atoms with van der Waals surface area (Å²) in [6, 6.07) is 0. The van der Waals surface area contributed by atoms with E-state index in [9.17, 15) is 8.78 Å². The molecule has 9 heavy (non-hydrogen) atoms. The first-order valence-corrected chi connectivity index (χ1v) is 1.19. The Labute approximate surface area is 64.6 Å². The molecule has 0 rings (SSSR count). The first-order valence-electron chi connectivity index (χ1n) is 1.19. The van der Waals surface area contributed by atoms with Crippen molar-refractivity contribution in [2.45, 2.75) is 0 Å². The summed E-state index contributed by atoms with van der Waals surface area (Å²) in [5.74, 6) is 0. The molecule has 0 aromatic carbocycles. The van der Waals surface area contributed by atoms with Gasteiger partial charge in [0.2, 0.25) is 12.4 Å². The second-order valence-electron chi connectivity index (χ2n) is 0.475. The van der Waals surface area contributed by atoms with Gasteiger partial charge in [-0.15, -0.1) is 0 Å². The number of hydrogen-bond donors (Lipinski definition) is 0. The average molecular weight is 150 g/mol. The van der Waals surface area contributed by atoms with Crippen LogP contribution in [0.4, 0.5) is 18.4 Å². The Hall–Kier alpha value is -0.434. The van der Waals surface area contributed by atoms with Crippen molar-refractivity contribution >= 4 is 35.5 Å². The van der Waals surface area contributed by atoms with Crippen LogP contribution in [-0.2, 0) is 0 Å². The van der Waals surface area contributed by atoms with E-state index in [1.165, 1.54) is 0 Å². The molecular formula is C2F2MgO4. The van der Waals surface area contributed by atoms with Crippen LogP contribution in [0.15, 0.2) is 0 Å². The zero-order chi connectivity index (χ0) is 7.15. The first kappa shape index (κ1) is 15.8. The molecule has 0 aromatic rings. The molecule has 0 amide bonds. The van der Waals surface area contributed by atoms with Crippen molar-refractivity contribution in [1.29, 1.82) is 0 Å². The molecule has 0 aromatic heterocycles. The third kappa shape index (κ3) is 1250. The molecule has 48 valence electrons. The van der Waals surface area contributed by atoms with E-state index in [4.69, 9.17) is 19.8 Å². The Bertz CT molecular complexity index is 74.6. The number of halogens is 2. The van der Waals surface area contributed by atoms with Crippen LogP contribution >= 0.6 is 0 Å². The van der Waals surface area contributed by atoms with Crippen LogP contribution in [0.5, 0.6) is 0 Å². The summed E-state index contributed by atoms with van der Waals surface area (Å²) in [4.78, 5) is 16.4. The molecule has 7 heteroatoms. The molecule has 0 aliphatic rings. The predicted octanol–water partition coefficient (Wildman–Crippen LogP) is -1.78. The predicted molar refractivity (Wildman–Crippen MR) is 18.8 cm³/mol. The molecule has 0 heterocycles. The fraction of sp³-hybridized carbons (Fsp3) is 0. The maximum Gasteiger partial charge on any atom is 2.00 e. The van der Waals surface area contributed by atoms with Crippen LogP contribution in [0.25, 0.3) is 0 Å². The standard InChI is InChI=1S/2CHFO2.Mg/c2*2-1(3)4;/h2*(H,3,4);/q;;+2/p-2. The van der Waals surface area contributed by atoms with E-state index in [0.717, 1.165) is 0 Å². The molecule has 0 unspecified atom stereocenters. The smallest absolute Gasteiger partial charge is 0.520 e. The molecular weight excluding hydrogens is 150 g/mol. The number of hydrogen-bond acceptors (Lipinski definition) is 4. The van der Waals surface area contributed by atoms with Crippen LogP contribution in [0, 0.1) is 0 Å². The van der Waals surface area contributed by atoms with E-state index in [2.05, 4.69) is 0 Å². The Balaban J connectivity index is -0.0000000720. The van der Waals surface area contributed by atoms with Crippen molar-refractivity contribution in [3.8, 4) is 0 Å². The van der Waals surface area contributed by atoms with Gasteiger partial charge in [-0.1, -0.05) is 0 Å². The molecule has 0 spiro atoms. The number of carboxylic acid groups (broad SMARTS) is 2. The van der Waals surface area contributed by atoms with Crippen LogP contribution in [0.1, 0.15) is 0 Å². The monoisotopic (exact) mass is 150 g/mol. The molecule has 0 aliphatic carbocycles. The van der Waals surface area contributed by atoms with Crippen molar-refractivity contribution in [2.24, 2.45) is 0 Å². The summed E-state index contributed by atoms with van der Waals surface area (Å²) in [5, 5.41) is 16.4. The van der Waals surface area contributed by atoms with Crippen molar-refractivity contribution in [3.63, 3.8) is 0 Å². The Morgan fingerprint density at radius 2 is 1.00 bits per heavy atom. The molecule has 0 aliphatic heterocycles. The largest absolute Gasteiger partial charge is 2.00 e. The van der Waals surface area contributed by atoms with Crippen LogP contribution in [-0.4, -0.2) is 35.5 Å². The van der Waals surface area contributed by atoms with Gasteiger partial charge in [0.15, 0.2) is 0 Å². The van der Waals surface area contributed by atoms with Gasteiger partial charge in [0.05, 0.1) is 0 Å². The quantitative estimate of drug-likeness (QED) is 0.302. The van der Waals surface area contributed by atoms with E-state index in [1.807, 2.05) is 0 Å². The minimum absolute atomic E-state index is 0. The van der Waals surface area contributed by atoms with Gasteiger partial charge in [-0.05, 0) is 0 Å². The summed E-state index contributed by atoms with van der Waals surface area (Å²) in [5.41, 5.74) is 0. The average Bonchev–Trinajstić information content (AvgIpc) is 1.25. The summed E-state index contributed by atoms with van der Waals surface area (Å²) >= 11 is 0. The van der Waals surface area contributed by atoms with E-state index < -0.39 is 12.4 Å². The summed E-state index contributed by atoms with van der Waals surface area (Å²) in [7, 11) is 0. The van der Waals surface area contributed by atoms with Gasteiger partial charge in [-0.25, -0.2) is 0 Å². The van der Waals surface area contributed by atoms with Crippen LogP contribution < -0.4 is 10.2 Å². The van der Waals surface area contributed by atoms with Crippen molar-refractivity contribution < 1.29 is 28.6 Å². The van der Waals surface area contributed by atoms with Crippen LogP contribution in [0.2, 0.25) is 0 Å². The summed E-state index contributed by atoms with van der Waals surface area (Å²) in [6.07, 6.45) is -5.17. The minimum atomic E-state index is -2.58. The molecule has 0 N–H and O–H groups in total. The van der Waals surface area contributed by atoms with Crippen molar-refractivity contribution in [3.05, 3.63) is 0 Å². The van der Waals surface area contributed by atoms with Gasteiger partial charge in [0.1, 0.15) is 0 Å². The van der Waals surface area contributed by atoms with Gasteiger partial charge in [-0.2, -0.15) is 8.78 Å². The molecule has 0 saturated heterocycles. The molecule has 0 bridgehead atoms. The third-order valence-electron chi connectivity index (χ3n) is 0. The first-order chi connectivity index (χ1) is 3.46. The number of carbonyl (C=O) groups is 2. The normalized spacial score (nSPS) is 5.56. The van der Waals surface area contributed by atoms with E-state index in [-0.39, 0.29) is 23.1 Å². The second kappa shape index (κ2) is 10.5. The number of carbonyl (C=O) groups excluding carboxylic acids is 2. The fourth-order valence-electron chi connectivity index (χ4n) is 0. The summed E-state index contributed by atoms with van der Waals surface area (Å²) in [6.45, 7) is 0. The summed E-state index contributed by atoms with van der Waals surface area (Å²) < 4.78 is 19.6. The zero-order valence-corrected chi connectivity index (χ0v) is 5.51. The van der Waals surface area contributed by atoms with Crippen molar-refractivity contribution in [1.82, 2.24) is 0 Å². The second-order valence-corrected chi connectivity index (χ2v) is 0.475. The van der Waals surface area contributed by atoms with E-state index >= 15 is 0 Å². The Morgan fingerprint density at radius 1 is 1.00 bits per heavy atom. The number of rotatable bonds is 0. The van der Waals surface area contributed by atoms with Gasteiger partial charge in [0, 0.05) is 0 Å². The van der Waals surface area contributed by atoms with Gasteiger partial charge >= 0.3 is 23.1 Å². The van der Waals surface area contributed by atoms with Crippen LogP contribution in [0.3, 0.4) is 0 Å². The molecule has 0 saturated carbocycles. The molecule has 0 radical (unpaired) electrons. The maximum absolute atomic E-state index is 9.81. The van der Waals surface area contributed by atoms with E-state index in [1.54, 1.807) is 0 Å². The van der Waals surface area contributed by atoms with Gasteiger partial charge in [0.25, 0.3) is 0 Å². The molecule has 0 atom stereocenters. The zero-order valence-electron chi connectivity index (χ0n) is 4.10. The Kier molecular flexibility index (Phi) is 18.5. The third-order valence-corrected chi connectivity index (χ3v) is 0. The maximum atomic E-state index is 9.81. The van der Waals surface area contributed by atoms with Crippen molar-refractivity contribution in [2.75, 3.05) is 0 Å². The Morgan fingerprint density at radius 3 is 1.00 bits per heavy atom. The molecule has 0 fully saturated rings. The van der Waals surface area contributed by atoms with Gasteiger partial charge < -0.3 is 19.8 Å². The van der Waals surface area contributed by atoms with Gasteiger partial charge in [-0.3, -0.25) is 0 Å². The molecule has 4 nitrogen and oxygen atoms in total. The minimum Gasteiger partial charge on any atom is -0.520 e. The van der Waals surface area contributed by atoms with E-state index in [0.29, 0.717) is 0 Å². The SMILES string of the molecule is O=C([O-])F.O=C([O-])F.[Mg+2].